The molecular weight excluding hydrogens is 396 g/mol. The van der Waals surface area contributed by atoms with Gasteiger partial charge >= 0.3 is 0 Å². The van der Waals surface area contributed by atoms with Gasteiger partial charge in [-0.25, -0.2) is 0 Å². The van der Waals surface area contributed by atoms with E-state index < -0.39 is 11.2 Å². The monoisotopic (exact) mass is 424 g/mol. The summed E-state index contributed by atoms with van der Waals surface area (Å²) in [6, 6.07) is 14.2. The summed E-state index contributed by atoms with van der Waals surface area (Å²) in [5.41, 5.74) is 1.60. The quantitative estimate of drug-likeness (QED) is 0.652. The summed E-state index contributed by atoms with van der Waals surface area (Å²) in [4.78, 5) is 25.8. The highest BCUT2D eigenvalue weighted by molar-refractivity contribution is 7.91. The van der Waals surface area contributed by atoms with Gasteiger partial charge in [-0.2, -0.15) is 0 Å². The third kappa shape index (κ3) is 4.40. The molecular formula is C24H28N2O3S. The van der Waals surface area contributed by atoms with E-state index in [0.29, 0.717) is 21.2 Å². The van der Waals surface area contributed by atoms with Crippen LogP contribution in [-0.2, 0) is 20.8 Å². The lowest BCUT2D eigenvalue weighted by Gasteiger charge is -2.12. The third-order valence-electron chi connectivity index (χ3n) is 6.33. The van der Waals surface area contributed by atoms with Crippen molar-refractivity contribution in [2.75, 3.05) is 10.6 Å². The topological polar surface area (TPSA) is 81.3 Å². The SMILES string of the molecule is CC1(C)CC1C(=O)Nc1ccc([S+]([O-])c2ccc(NC(=O)C3CC3(C)C)cc2)cc1. The van der Waals surface area contributed by atoms with E-state index in [4.69, 9.17) is 0 Å². The highest BCUT2D eigenvalue weighted by Crippen LogP contribution is 2.52. The first-order valence-corrected chi connectivity index (χ1v) is 11.5. The molecule has 0 aliphatic heterocycles. The fourth-order valence-electron chi connectivity index (χ4n) is 3.75. The average Bonchev–Trinajstić information content (AvgIpc) is 3.55. The molecule has 2 aliphatic carbocycles. The van der Waals surface area contributed by atoms with Crippen molar-refractivity contribution in [1.29, 1.82) is 0 Å². The number of anilines is 2. The third-order valence-corrected chi connectivity index (χ3v) is 7.73. The molecule has 5 nitrogen and oxygen atoms in total. The standard InChI is InChI=1S/C24H28N2O3S/c1-23(2)13-19(23)21(27)25-15-5-9-17(10-6-15)30(29)18-11-7-16(8-12-18)26-22(28)20-14-24(20,3)4/h5-12,19-20H,13-14H2,1-4H3,(H,25,27)(H,26,28). The van der Waals surface area contributed by atoms with Crippen molar-refractivity contribution in [2.45, 2.75) is 50.3 Å². The van der Waals surface area contributed by atoms with Crippen LogP contribution in [0.25, 0.3) is 0 Å². The molecule has 2 fully saturated rings. The van der Waals surface area contributed by atoms with Gasteiger partial charge in [0.1, 0.15) is 0 Å². The maximum atomic E-state index is 12.9. The van der Waals surface area contributed by atoms with E-state index in [2.05, 4.69) is 38.3 Å². The van der Waals surface area contributed by atoms with E-state index in [-0.39, 0.29) is 34.5 Å². The molecule has 2 unspecified atom stereocenters. The molecule has 2 amide bonds. The van der Waals surface area contributed by atoms with Gasteiger partial charge < -0.3 is 15.2 Å². The smallest absolute Gasteiger partial charge is 0.228 e. The number of hydrogen-bond donors (Lipinski definition) is 2. The minimum atomic E-state index is -1.33. The Balaban J connectivity index is 1.35. The van der Waals surface area contributed by atoms with E-state index in [1.165, 1.54) is 0 Å². The number of nitrogens with one attached hydrogen (secondary N) is 2. The Labute approximate surface area is 180 Å². The Hall–Kier alpha value is -2.31. The lowest BCUT2D eigenvalue weighted by Crippen LogP contribution is -2.16. The van der Waals surface area contributed by atoms with Crippen LogP contribution in [-0.4, -0.2) is 16.4 Å². The number of carbonyl (C=O) groups is 2. The van der Waals surface area contributed by atoms with Gasteiger partial charge in [-0.1, -0.05) is 27.7 Å². The molecule has 2 atom stereocenters. The predicted molar refractivity (Wildman–Crippen MR) is 119 cm³/mol. The van der Waals surface area contributed by atoms with E-state index >= 15 is 0 Å². The fraction of sp³-hybridized carbons (Fsp3) is 0.417. The number of rotatable bonds is 6. The molecule has 0 spiro atoms. The average molecular weight is 425 g/mol. The second kappa shape index (κ2) is 7.43. The van der Waals surface area contributed by atoms with E-state index in [9.17, 15) is 14.1 Å². The Morgan fingerprint density at radius 2 is 1.07 bits per heavy atom. The van der Waals surface area contributed by atoms with Crippen LogP contribution in [0.3, 0.4) is 0 Å². The minimum Gasteiger partial charge on any atom is -0.606 e. The van der Waals surface area contributed by atoms with Gasteiger partial charge in [-0.3, -0.25) is 9.59 Å². The fourth-order valence-corrected chi connectivity index (χ4v) is 4.79. The summed E-state index contributed by atoms with van der Waals surface area (Å²) in [6.45, 7) is 8.36. The molecule has 4 rings (SSSR count). The van der Waals surface area contributed by atoms with Crippen LogP contribution in [0.1, 0.15) is 40.5 Å². The molecule has 0 radical (unpaired) electrons. The maximum Gasteiger partial charge on any atom is 0.228 e. The van der Waals surface area contributed by atoms with Crippen LogP contribution >= 0.6 is 0 Å². The van der Waals surface area contributed by atoms with Gasteiger partial charge in [0.15, 0.2) is 9.79 Å². The van der Waals surface area contributed by atoms with Gasteiger partial charge in [0.25, 0.3) is 0 Å². The van der Waals surface area contributed by atoms with Gasteiger partial charge in [-0.05, 0) is 72.2 Å². The molecule has 0 bridgehead atoms. The van der Waals surface area contributed by atoms with Crippen LogP contribution < -0.4 is 10.6 Å². The predicted octanol–water partition coefficient (Wildman–Crippen LogP) is 4.82. The first-order chi connectivity index (χ1) is 14.1. The maximum absolute atomic E-state index is 12.9. The lowest BCUT2D eigenvalue weighted by molar-refractivity contribution is -0.118. The molecule has 2 aromatic rings. The Morgan fingerprint density at radius 1 is 0.767 bits per heavy atom. The second-order valence-electron chi connectivity index (χ2n) is 9.79. The van der Waals surface area contributed by atoms with Crippen LogP contribution in [0.15, 0.2) is 58.3 Å². The van der Waals surface area contributed by atoms with Crippen LogP contribution in [0.5, 0.6) is 0 Å². The summed E-state index contributed by atoms with van der Waals surface area (Å²) < 4.78 is 12.9. The molecule has 2 aliphatic rings. The first-order valence-electron chi connectivity index (χ1n) is 10.3. The van der Waals surface area contributed by atoms with Crippen LogP contribution in [0, 0.1) is 22.7 Å². The summed E-state index contributed by atoms with van der Waals surface area (Å²) >= 11 is -1.33. The first kappa shape index (κ1) is 20.9. The van der Waals surface area contributed by atoms with Crippen molar-refractivity contribution in [1.82, 2.24) is 0 Å². The summed E-state index contributed by atoms with van der Waals surface area (Å²) in [7, 11) is 0. The highest BCUT2D eigenvalue weighted by atomic mass is 32.2. The summed E-state index contributed by atoms with van der Waals surface area (Å²) in [5.74, 6) is 0.217. The molecule has 2 saturated carbocycles. The van der Waals surface area contributed by atoms with Gasteiger partial charge in [0.05, 0.1) is 0 Å². The van der Waals surface area contributed by atoms with Gasteiger partial charge in [0, 0.05) is 34.4 Å². The summed E-state index contributed by atoms with van der Waals surface area (Å²) in [6.07, 6.45) is 1.83. The molecule has 2 N–H and O–H groups in total. The number of hydrogen-bond acceptors (Lipinski definition) is 3. The molecule has 158 valence electrons. The molecule has 0 heterocycles. The van der Waals surface area contributed by atoms with Gasteiger partial charge in [-0.15, -0.1) is 0 Å². The van der Waals surface area contributed by atoms with Crippen molar-refractivity contribution in [3.63, 3.8) is 0 Å². The minimum absolute atomic E-state index is 0.0427. The Bertz CT molecular complexity index is 887. The molecule has 0 saturated heterocycles. The van der Waals surface area contributed by atoms with Crippen molar-refractivity contribution in [3.05, 3.63) is 48.5 Å². The van der Waals surface area contributed by atoms with E-state index in [0.717, 1.165) is 12.8 Å². The van der Waals surface area contributed by atoms with Crippen molar-refractivity contribution >= 4 is 34.4 Å². The zero-order valence-corrected chi connectivity index (χ0v) is 18.6. The molecule has 2 aromatic carbocycles. The van der Waals surface area contributed by atoms with E-state index in [1.54, 1.807) is 48.5 Å². The number of benzene rings is 2. The number of amides is 2. The number of carbonyl (C=O) groups excluding carboxylic acids is 2. The van der Waals surface area contributed by atoms with Crippen molar-refractivity contribution in [3.8, 4) is 0 Å². The van der Waals surface area contributed by atoms with E-state index in [1.807, 2.05) is 0 Å². The Kier molecular flexibility index (Phi) is 5.19. The van der Waals surface area contributed by atoms with Crippen molar-refractivity contribution in [2.24, 2.45) is 22.7 Å². The highest BCUT2D eigenvalue weighted by Gasteiger charge is 2.51. The second-order valence-corrected chi connectivity index (χ2v) is 11.3. The zero-order valence-electron chi connectivity index (χ0n) is 17.8. The molecule has 6 heteroatoms. The summed E-state index contributed by atoms with van der Waals surface area (Å²) in [5, 5.41) is 5.87. The Morgan fingerprint density at radius 3 is 1.33 bits per heavy atom. The normalized spacial score (nSPS) is 23.9. The van der Waals surface area contributed by atoms with Crippen LogP contribution in [0.2, 0.25) is 0 Å². The molecule has 30 heavy (non-hydrogen) atoms. The van der Waals surface area contributed by atoms with Crippen LogP contribution in [0.4, 0.5) is 11.4 Å². The van der Waals surface area contributed by atoms with Crippen molar-refractivity contribution < 1.29 is 14.1 Å². The molecule has 0 aromatic heterocycles. The largest absolute Gasteiger partial charge is 0.606 e. The lowest BCUT2D eigenvalue weighted by atomic mass is 10.1. The zero-order chi connectivity index (χ0) is 21.7. The van der Waals surface area contributed by atoms with Gasteiger partial charge in [0.2, 0.25) is 11.8 Å².